The van der Waals surface area contributed by atoms with Crippen molar-refractivity contribution < 1.29 is 8.42 Å². The molecule has 0 fully saturated rings. The van der Waals surface area contributed by atoms with Crippen LogP contribution in [0, 0.1) is 6.92 Å². The molecule has 6 nitrogen and oxygen atoms in total. The normalized spacial score (nSPS) is 11.9. The Morgan fingerprint density at radius 2 is 2.35 bits per heavy atom. The largest absolute Gasteiger partial charge is 0.285 e. The first-order chi connectivity index (χ1) is 7.99. The molecule has 17 heavy (non-hydrogen) atoms. The summed E-state index contributed by atoms with van der Waals surface area (Å²) in [4.78, 5) is 3.87. The van der Waals surface area contributed by atoms with Gasteiger partial charge in [0.1, 0.15) is 0 Å². The molecule has 0 saturated carbocycles. The lowest BCUT2D eigenvalue weighted by molar-refractivity contribution is 0.582. The van der Waals surface area contributed by atoms with Crippen LogP contribution in [-0.2, 0) is 16.6 Å². The Kier molecular flexibility index (Phi) is 3.48. The maximum absolute atomic E-state index is 11.9. The first-order valence-corrected chi connectivity index (χ1v) is 7.27. The Hall–Kier alpha value is -0.960. The lowest BCUT2D eigenvalue weighted by Crippen LogP contribution is -2.22. The Bertz CT molecular complexity index is 606. The Morgan fingerprint density at radius 1 is 1.59 bits per heavy atom. The van der Waals surface area contributed by atoms with Gasteiger partial charge >= 0.3 is 0 Å². The molecule has 0 bridgehead atoms. The molecule has 0 aliphatic carbocycles. The van der Waals surface area contributed by atoms with Gasteiger partial charge in [-0.15, -0.1) is 0 Å². The summed E-state index contributed by atoms with van der Waals surface area (Å²) >= 11 is 6.61. The van der Waals surface area contributed by atoms with Gasteiger partial charge in [-0.3, -0.25) is 5.10 Å². The van der Waals surface area contributed by atoms with Crippen LogP contribution in [0.25, 0.3) is 0 Å². The van der Waals surface area contributed by atoms with E-state index in [1.54, 1.807) is 19.3 Å². The third-order valence-electron chi connectivity index (χ3n) is 1.99. The first kappa shape index (κ1) is 12.5. The number of nitrogens with one attached hydrogen (secondary N) is 2. The van der Waals surface area contributed by atoms with Crippen LogP contribution >= 0.6 is 22.9 Å². The van der Waals surface area contributed by atoms with E-state index in [0.717, 1.165) is 16.9 Å². The average molecular weight is 293 g/mol. The molecule has 2 N–H and O–H groups in total. The van der Waals surface area contributed by atoms with Crippen LogP contribution in [-0.4, -0.2) is 23.6 Å². The summed E-state index contributed by atoms with van der Waals surface area (Å²) < 4.78 is 26.7. The van der Waals surface area contributed by atoms with Gasteiger partial charge in [-0.2, -0.15) is 5.10 Å². The van der Waals surface area contributed by atoms with E-state index in [9.17, 15) is 8.42 Å². The molecule has 2 heterocycles. The molecule has 0 atom stereocenters. The number of hydrogen-bond donors (Lipinski definition) is 2. The highest BCUT2D eigenvalue weighted by atomic mass is 35.5. The second kappa shape index (κ2) is 4.73. The molecule has 0 unspecified atom stereocenters. The summed E-state index contributed by atoms with van der Waals surface area (Å²) in [6, 6.07) is 0. The molecule has 0 radical (unpaired) electrons. The van der Waals surface area contributed by atoms with Crippen LogP contribution in [0.1, 0.15) is 11.3 Å². The minimum absolute atomic E-state index is 0.144. The number of nitrogens with zero attached hydrogens (tertiary/aromatic N) is 2. The third-order valence-corrected chi connectivity index (χ3v) is 5.27. The van der Waals surface area contributed by atoms with Crippen LogP contribution in [0.3, 0.4) is 0 Å². The van der Waals surface area contributed by atoms with Crippen LogP contribution in [0.2, 0.25) is 4.47 Å². The van der Waals surface area contributed by atoms with Crippen LogP contribution in [0.5, 0.6) is 0 Å². The monoisotopic (exact) mass is 292 g/mol. The van der Waals surface area contributed by atoms with Gasteiger partial charge in [-0.25, -0.2) is 18.1 Å². The predicted molar refractivity (Wildman–Crippen MR) is 64.5 cm³/mol. The highest BCUT2D eigenvalue weighted by Crippen LogP contribution is 2.26. The van der Waals surface area contributed by atoms with Crippen molar-refractivity contribution in [2.45, 2.75) is 17.7 Å². The number of halogens is 1. The number of thiazole rings is 1. The number of sulfonamides is 1. The molecular weight excluding hydrogens is 284 g/mol. The molecule has 0 saturated heterocycles. The van der Waals surface area contributed by atoms with Crippen molar-refractivity contribution in [2.75, 3.05) is 0 Å². The summed E-state index contributed by atoms with van der Waals surface area (Å²) in [5.74, 6) is 0. The number of hydrogen-bond acceptors (Lipinski definition) is 5. The average Bonchev–Trinajstić information content (AvgIpc) is 2.85. The Morgan fingerprint density at radius 3 is 2.88 bits per heavy atom. The molecule has 9 heteroatoms. The number of rotatable bonds is 4. The third kappa shape index (κ3) is 2.83. The van der Waals surface area contributed by atoms with Gasteiger partial charge in [0.2, 0.25) is 0 Å². The molecule has 0 amide bonds. The van der Waals surface area contributed by atoms with Crippen LogP contribution in [0.15, 0.2) is 16.6 Å². The fourth-order valence-electron chi connectivity index (χ4n) is 1.22. The van der Waals surface area contributed by atoms with E-state index < -0.39 is 10.0 Å². The second-order valence-electron chi connectivity index (χ2n) is 3.27. The molecule has 0 spiro atoms. The molecule has 0 aliphatic heterocycles. The van der Waals surface area contributed by atoms with Gasteiger partial charge in [-0.1, -0.05) is 22.9 Å². The van der Waals surface area contributed by atoms with Crippen molar-refractivity contribution >= 4 is 33.0 Å². The maximum Gasteiger partial charge on any atom is 0.252 e. The predicted octanol–water partition coefficient (Wildman–Crippen LogP) is 1.31. The Balaban J connectivity index is 2.17. The molecule has 92 valence electrons. The highest BCUT2D eigenvalue weighted by molar-refractivity contribution is 7.91. The van der Waals surface area contributed by atoms with Crippen molar-refractivity contribution in [1.29, 1.82) is 0 Å². The molecular formula is C8H9ClN4O2S2. The summed E-state index contributed by atoms with van der Waals surface area (Å²) in [5, 5.41) is 6.33. The van der Waals surface area contributed by atoms with Crippen molar-refractivity contribution in [2.24, 2.45) is 0 Å². The number of aryl methyl sites for hydroxylation is 1. The summed E-state index contributed by atoms with van der Waals surface area (Å²) in [6.45, 7) is 1.78. The van der Waals surface area contributed by atoms with Gasteiger partial charge < -0.3 is 0 Å². The van der Waals surface area contributed by atoms with Gasteiger partial charge in [0, 0.05) is 18.3 Å². The van der Waals surface area contributed by atoms with Gasteiger partial charge in [-0.05, 0) is 6.92 Å². The first-order valence-electron chi connectivity index (χ1n) is 4.59. The SMILES string of the molecule is Cc1nc(Cl)sc1S(=O)(=O)NCc1cn[nH]c1. The van der Waals surface area contributed by atoms with Gasteiger partial charge in [0.05, 0.1) is 11.9 Å². The van der Waals surface area contributed by atoms with E-state index in [4.69, 9.17) is 11.6 Å². The fourth-order valence-corrected chi connectivity index (χ4v) is 4.02. The summed E-state index contributed by atoms with van der Waals surface area (Å²) in [5.41, 5.74) is 1.15. The highest BCUT2D eigenvalue weighted by Gasteiger charge is 2.21. The Labute approximate surface area is 107 Å². The molecule has 0 aliphatic rings. The van der Waals surface area contributed by atoms with E-state index >= 15 is 0 Å². The fraction of sp³-hybridized carbons (Fsp3) is 0.250. The minimum Gasteiger partial charge on any atom is -0.285 e. The topological polar surface area (TPSA) is 87.7 Å². The van der Waals surface area contributed by atoms with Crippen LogP contribution < -0.4 is 4.72 Å². The second-order valence-corrected chi connectivity index (χ2v) is 6.81. The zero-order valence-corrected chi connectivity index (χ0v) is 11.2. The van der Waals surface area contributed by atoms with E-state index in [-0.39, 0.29) is 15.2 Å². The molecule has 0 aromatic carbocycles. The standard InChI is InChI=1S/C8H9ClN4O2S2/c1-5-7(16-8(9)13-5)17(14,15)12-4-6-2-10-11-3-6/h2-3,12H,4H2,1H3,(H,10,11). The van der Waals surface area contributed by atoms with E-state index in [1.165, 1.54) is 0 Å². The molecule has 2 aromatic heterocycles. The maximum atomic E-state index is 11.9. The molecule has 2 aromatic rings. The van der Waals surface area contributed by atoms with Crippen molar-refractivity contribution in [3.8, 4) is 0 Å². The van der Waals surface area contributed by atoms with Crippen LogP contribution in [0.4, 0.5) is 0 Å². The quantitative estimate of drug-likeness (QED) is 0.889. The summed E-state index contributed by atoms with van der Waals surface area (Å²) in [6.07, 6.45) is 3.17. The summed E-state index contributed by atoms with van der Waals surface area (Å²) in [7, 11) is -3.57. The van der Waals surface area contributed by atoms with Crippen molar-refractivity contribution in [3.05, 3.63) is 28.1 Å². The van der Waals surface area contributed by atoms with E-state index in [0.29, 0.717) is 5.69 Å². The van der Waals surface area contributed by atoms with Crippen molar-refractivity contribution in [3.63, 3.8) is 0 Å². The van der Waals surface area contributed by atoms with E-state index in [2.05, 4.69) is 19.9 Å². The van der Waals surface area contributed by atoms with Gasteiger partial charge in [0.15, 0.2) is 8.68 Å². The number of aromatic nitrogens is 3. The van der Waals surface area contributed by atoms with E-state index in [1.807, 2.05) is 0 Å². The smallest absolute Gasteiger partial charge is 0.252 e. The number of aromatic amines is 1. The van der Waals surface area contributed by atoms with Crippen molar-refractivity contribution in [1.82, 2.24) is 19.9 Å². The zero-order chi connectivity index (χ0) is 12.5. The number of H-pyrrole nitrogens is 1. The lowest BCUT2D eigenvalue weighted by atomic mass is 10.4. The molecule has 2 rings (SSSR count). The minimum atomic E-state index is -3.57. The van der Waals surface area contributed by atoms with Gasteiger partial charge in [0.25, 0.3) is 10.0 Å². The zero-order valence-electron chi connectivity index (χ0n) is 8.77. The lowest BCUT2D eigenvalue weighted by Gasteiger charge is -2.03.